The first-order valence-electron chi connectivity index (χ1n) is 14.9. The van der Waals surface area contributed by atoms with E-state index in [1.165, 1.54) is 60.3 Å². The minimum Gasteiger partial charge on any atom is -0.455 e. The Balaban J connectivity index is 1.22. The molecular weight excluding hydrogens is 600 g/mol. The van der Waals surface area contributed by atoms with E-state index >= 15 is 0 Å². The second-order valence-electron chi connectivity index (χ2n) is 11.4. The van der Waals surface area contributed by atoms with Gasteiger partial charge in [0.1, 0.15) is 11.2 Å². The standard InChI is InChI=1S/C42H25BrO/c43-41-35-18-5-3-16-33(35)39(34-17-4-6-19-36(34)41)30-14-8-12-28(25-30)27-11-7-13-29(24-27)31-20-9-21-38-40(31)37-23-22-26-10-1-2-15-32(26)42(37)44-38/h1-25H. The van der Waals surface area contributed by atoms with Gasteiger partial charge in [-0.15, -0.1) is 0 Å². The molecule has 1 heterocycles. The summed E-state index contributed by atoms with van der Waals surface area (Å²) < 4.78 is 7.63. The number of furan rings is 1. The van der Waals surface area contributed by atoms with Crippen LogP contribution in [0.3, 0.4) is 0 Å². The molecule has 0 fully saturated rings. The Morgan fingerprint density at radius 2 is 0.977 bits per heavy atom. The molecule has 0 aliphatic heterocycles. The van der Waals surface area contributed by atoms with E-state index in [4.69, 9.17) is 4.42 Å². The molecule has 0 saturated carbocycles. The van der Waals surface area contributed by atoms with Gasteiger partial charge in [0.05, 0.1) is 0 Å². The van der Waals surface area contributed by atoms with Crippen LogP contribution in [0.25, 0.3) is 87.6 Å². The maximum atomic E-state index is 6.48. The van der Waals surface area contributed by atoms with E-state index < -0.39 is 0 Å². The summed E-state index contributed by atoms with van der Waals surface area (Å²) in [5.41, 5.74) is 9.06. The SMILES string of the molecule is Brc1c2ccccc2c(-c2cccc(-c3cccc(-c4cccc5oc6c7ccccc7ccc6c45)c3)c2)c2ccccc12. The summed E-state index contributed by atoms with van der Waals surface area (Å²) in [4.78, 5) is 0. The molecule has 0 radical (unpaired) electrons. The first-order valence-corrected chi connectivity index (χ1v) is 15.7. The van der Waals surface area contributed by atoms with Gasteiger partial charge in [-0.3, -0.25) is 0 Å². The van der Waals surface area contributed by atoms with Gasteiger partial charge in [-0.1, -0.05) is 127 Å². The highest BCUT2D eigenvalue weighted by atomic mass is 79.9. The summed E-state index contributed by atoms with van der Waals surface area (Å²) in [5.74, 6) is 0. The van der Waals surface area contributed by atoms with Crippen LogP contribution >= 0.6 is 15.9 Å². The molecule has 2 heteroatoms. The molecule has 0 N–H and O–H groups in total. The molecule has 0 saturated heterocycles. The molecule has 0 bridgehead atoms. The third-order valence-electron chi connectivity index (χ3n) is 8.91. The highest BCUT2D eigenvalue weighted by Crippen LogP contribution is 2.43. The topological polar surface area (TPSA) is 13.1 Å². The summed E-state index contributed by atoms with van der Waals surface area (Å²) in [6, 6.07) is 54.4. The van der Waals surface area contributed by atoms with Crippen molar-refractivity contribution >= 4 is 70.2 Å². The van der Waals surface area contributed by atoms with E-state index in [0.717, 1.165) is 31.8 Å². The molecule has 0 aliphatic rings. The van der Waals surface area contributed by atoms with Gasteiger partial charge < -0.3 is 4.42 Å². The van der Waals surface area contributed by atoms with Crippen LogP contribution in [0.2, 0.25) is 0 Å². The van der Waals surface area contributed by atoms with Crippen LogP contribution in [0, 0.1) is 0 Å². The zero-order valence-electron chi connectivity index (χ0n) is 23.7. The van der Waals surface area contributed by atoms with E-state index in [2.05, 4.69) is 168 Å². The number of hydrogen-bond donors (Lipinski definition) is 0. The molecule has 9 aromatic rings. The van der Waals surface area contributed by atoms with Crippen molar-refractivity contribution in [1.29, 1.82) is 0 Å². The Bertz CT molecular complexity index is 2510. The molecule has 0 atom stereocenters. The number of hydrogen-bond acceptors (Lipinski definition) is 1. The van der Waals surface area contributed by atoms with Gasteiger partial charge in [-0.2, -0.15) is 0 Å². The minimum atomic E-state index is 0.912. The first kappa shape index (κ1) is 25.3. The van der Waals surface area contributed by atoms with Crippen molar-refractivity contribution in [2.75, 3.05) is 0 Å². The van der Waals surface area contributed by atoms with Gasteiger partial charge >= 0.3 is 0 Å². The van der Waals surface area contributed by atoms with Crippen LogP contribution in [0.1, 0.15) is 0 Å². The van der Waals surface area contributed by atoms with E-state index in [9.17, 15) is 0 Å². The zero-order valence-corrected chi connectivity index (χ0v) is 25.3. The average molecular weight is 626 g/mol. The van der Waals surface area contributed by atoms with E-state index in [1.807, 2.05) is 0 Å². The fraction of sp³-hybridized carbons (Fsp3) is 0. The van der Waals surface area contributed by atoms with Crippen LogP contribution < -0.4 is 0 Å². The van der Waals surface area contributed by atoms with Gasteiger partial charge in [0.2, 0.25) is 0 Å². The summed E-state index contributed by atoms with van der Waals surface area (Å²) in [5, 5.41) is 9.58. The van der Waals surface area contributed by atoms with Crippen molar-refractivity contribution in [2.45, 2.75) is 0 Å². The molecule has 8 aromatic carbocycles. The smallest absolute Gasteiger partial charge is 0.143 e. The maximum Gasteiger partial charge on any atom is 0.143 e. The molecule has 1 nitrogen and oxygen atoms in total. The lowest BCUT2D eigenvalue weighted by Gasteiger charge is -2.15. The Morgan fingerprint density at radius 3 is 1.70 bits per heavy atom. The minimum absolute atomic E-state index is 0.912. The lowest BCUT2D eigenvalue weighted by molar-refractivity contribution is 0.673. The average Bonchev–Trinajstić information content (AvgIpc) is 3.48. The lowest BCUT2D eigenvalue weighted by atomic mass is 9.90. The van der Waals surface area contributed by atoms with Crippen molar-refractivity contribution < 1.29 is 4.42 Å². The first-order chi connectivity index (χ1) is 21.7. The van der Waals surface area contributed by atoms with Crippen LogP contribution in [-0.4, -0.2) is 0 Å². The fourth-order valence-corrected chi connectivity index (χ4v) is 7.59. The number of halogens is 1. The van der Waals surface area contributed by atoms with Crippen molar-refractivity contribution in [2.24, 2.45) is 0 Å². The van der Waals surface area contributed by atoms with E-state index in [-0.39, 0.29) is 0 Å². The predicted octanol–water partition coefficient (Wildman–Crippen LogP) is 12.8. The Labute approximate surface area is 263 Å². The molecule has 206 valence electrons. The van der Waals surface area contributed by atoms with Crippen LogP contribution in [0.5, 0.6) is 0 Å². The van der Waals surface area contributed by atoms with Gasteiger partial charge in [0, 0.05) is 20.6 Å². The quantitative estimate of drug-likeness (QED) is 0.178. The summed E-state index contributed by atoms with van der Waals surface area (Å²) in [7, 11) is 0. The van der Waals surface area contributed by atoms with Crippen LogP contribution in [0.15, 0.2) is 161 Å². The van der Waals surface area contributed by atoms with Crippen molar-refractivity contribution in [1.82, 2.24) is 0 Å². The molecule has 1 aromatic heterocycles. The van der Waals surface area contributed by atoms with Crippen LogP contribution in [-0.2, 0) is 0 Å². The van der Waals surface area contributed by atoms with Crippen molar-refractivity contribution in [3.8, 4) is 33.4 Å². The zero-order chi connectivity index (χ0) is 29.2. The fourth-order valence-electron chi connectivity index (χ4n) is 6.90. The summed E-state index contributed by atoms with van der Waals surface area (Å²) in [6.45, 7) is 0. The normalized spacial score (nSPS) is 11.8. The maximum absolute atomic E-state index is 6.48. The molecule has 0 unspecified atom stereocenters. The van der Waals surface area contributed by atoms with Gasteiger partial charge in [0.15, 0.2) is 0 Å². The largest absolute Gasteiger partial charge is 0.455 e. The third kappa shape index (κ3) is 3.85. The molecule has 44 heavy (non-hydrogen) atoms. The van der Waals surface area contributed by atoms with E-state index in [0.29, 0.717) is 0 Å². The van der Waals surface area contributed by atoms with Crippen LogP contribution in [0.4, 0.5) is 0 Å². The second kappa shape index (κ2) is 9.94. The highest BCUT2D eigenvalue weighted by Gasteiger charge is 2.16. The second-order valence-corrected chi connectivity index (χ2v) is 12.2. The summed E-state index contributed by atoms with van der Waals surface area (Å²) in [6.07, 6.45) is 0. The molecule has 0 amide bonds. The highest BCUT2D eigenvalue weighted by molar-refractivity contribution is 9.10. The van der Waals surface area contributed by atoms with Gasteiger partial charge in [-0.05, 0) is 101 Å². The Hall–Kier alpha value is -5.18. The van der Waals surface area contributed by atoms with Gasteiger partial charge in [0.25, 0.3) is 0 Å². The van der Waals surface area contributed by atoms with Crippen molar-refractivity contribution in [3.63, 3.8) is 0 Å². The number of benzene rings is 8. The van der Waals surface area contributed by atoms with E-state index in [1.54, 1.807) is 0 Å². The Morgan fingerprint density at radius 1 is 0.409 bits per heavy atom. The third-order valence-corrected chi connectivity index (χ3v) is 9.77. The summed E-state index contributed by atoms with van der Waals surface area (Å²) >= 11 is 3.90. The predicted molar refractivity (Wildman–Crippen MR) is 190 cm³/mol. The number of fused-ring (bicyclic) bond motifs is 7. The monoisotopic (exact) mass is 624 g/mol. The Kier molecular flexibility index (Phi) is 5.72. The number of rotatable bonds is 3. The van der Waals surface area contributed by atoms with Crippen molar-refractivity contribution in [3.05, 3.63) is 156 Å². The molecular formula is C42H25BrO. The molecule has 9 rings (SSSR count). The molecule has 0 spiro atoms. The van der Waals surface area contributed by atoms with Gasteiger partial charge in [-0.25, -0.2) is 0 Å². The lowest BCUT2D eigenvalue weighted by Crippen LogP contribution is -1.88. The molecule has 0 aliphatic carbocycles.